The van der Waals surface area contributed by atoms with Gasteiger partial charge in [0.25, 0.3) is 11.4 Å². The molecule has 380 valence electrons. The fourth-order valence-corrected chi connectivity index (χ4v) is 7.99. The Balaban J connectivity index is 0.000000261. The number of halogens is 6. The second kappa shape index (κ2) is 24.2. The van der Waals surface area contributed by atoms with Gasteiger partial charge in [0, 0.05) is 139 Å². The average molecular weight is 991 g/mol. The minimum Gasteiger partial charge on any atom is -0.383 e. The first-order valence-corrected chi connectivity index (χ1v) is 21.8. The molecule has 6 aromatic rings. The number of ether oxygens (including phenoxy) is 4. The maximum Gasteiger partial charge on any atom is 0.422 e. The summed E-state index contributed by atoms with van der Waals surface area (Å²) in [6.45, 7) is 0.0678. The van der Waals surface area contributed by atoms with Crippen molar-refractivity contribution in [2.24, 2.45) is 0 Å². The van der Waals surface area contributed by atoms with Crippen LogP contribution >= 0.6 is 0 Å². The van der Waals surface area contributed by atoms with Gasteiger partial charge in [-0.3, -0.25) is 30.0 Å². The van der Waals surface area contributed by atoms with Gasteiger partial charge in [-0.25, -0.2) is 0 Å². The summed E-state index contributed by atoms with van der Waals surface area (Å²) < 4.78 is 110. The number of methoxy groups -OCH3 is 4. The summed E-state index contributed by atoms with van der Waals surface area (Å²) in [5.74, 6) is 0. The molecule has 0 aliphatic heterocycles. The van der Waals surface area contributed by atoms with Gasteiger partial charge in [0.1, 0.15) is 0 Å². The Morgan fingerprint density at radius 3 is 1.11 bits per heavy atom. The van der Waals surface area contributed by atoms with Gasteiger partial charge < -0.3 is 38.3 Å². The molecule has 0 saturated heterocycles. The summed E-state index contributed by atoms with van der Waals surface area (Å²) in [7, 11) is 5.76. The van der Waals surface area contributed by atoms with Gasteiger partial charge in [-0.05, 0) is 23.3 Å². The Morgan fingerprint density at radius 2 is 0.843 bits per heavy atom. The second-order valence-corrected chi connectivity index (χ2v) is 16.5. The van der Waals surface area contributed by atoms with Gasteiger partial charge in [0.2, 0.25) is 11.2 Å². The van der Waals surface area contributed by atoms with E-state index in [0.29, 0.717) is 0 Å². The number of alkyl halides is 6. The van der Waals surface area contributed by atoms with E-state index in [1.165, 1.54) is 84.0 Å². The molecule has 70 heavy (non-hydrogen) atoms. The standard InChI is InChI=1S/2C24H28F3N3O5/c2*1-34-12-10-28(11-13-35-2)17-23(31,24(25,26)27)21-16-29(15-18-6-4-3-5-7-18)22-14-19(30(32)33)8-9-20(21)22/h2*3-9,14,16,31H,10-13,15,17H2,1-2H3. The SMILES string of the molecule is COCCN(CCOC)CC(O)(c1cn(Cc2ccccc2)c2cc([N+](=O)[O-])ccc12)C(F)(F)F.COCCN(CCOC)CC(O)(c1cn(Cc2ccccc2)c2cc([N+](=O)[O-])ccc12)C(F)(F)F. The van der Waals surface area contributed by atoms with Crippen molar-refractivity contribution < 1.29 is 65.3 Å². The van der Waals surface area contributed by atoms with Crippen LogP contribution in [-0.2, 0) is 43.2 Å². The molecule has 0 bridgehead atoms. The van der Waals surface area contributed by atoms with Crippen LogP contribution in [0, 0.1) is 20.2 Å². The average Bonchev–Trinajstić information content (AvgIpc) is 3.88. The molecule has 16 nitrogen and oxygen atoms in total. The highest BCUT2D eigenvalue weighted by Crippen LogP contribution is 2.45. The Bertz CT molecular complexity index is 2440. The van der Waals surface area contributed by atoms with E-state index in [2.05, 4.69) is 0 Å². The second-order valence-electron chi connectivity index (χ2n) is 16.5. The molecule has 0 spiro atoms. The minimum absolute atomic E-state index is 0.0878. The Labute approximate surface area is 399 Å². The monoisotopic (exact) mass is 990 g/mol. The van der Waals surface area contributed by atoms with Crippen molar-refractivity contribution in [3.05, 3.63) is 152 Å². The van der Waals surface area contributed by atoms with Crippen molar-refractivity contribution >= 4 is 33.2 Å². The fourth-order valence-electron chi connectivity index (χ4n) is 7.99. The van der Waals surface area contributed by atoms with Crippen LogP contribution in [-0.4, -0.2) is 145 Å². The van der Waals surface area contributed by atoms with E-state index >= 15 is 0 Å². The van der Waals surface area contributed by atoms with Crippen molar-refractivity contribution in [2.45, 2.75) is 36.6 Å². The molecule has 2 N–H and O–H groups in total. The zero-order chi connectivity index (χ0) is 51.3. The summed E-state index contributed by atoms with van der Waals surface area (Å²) in [4.78, 5) is 24.4. The number of nitrogens with zero attached hydrogens (tertiary/aromatic N) is 6. The van der Waals surface area contributed by atoms with Crippen LogP contribution in [0.5, 0.6) is 0 Å². The van der Waals surface area contributed by atoms with Crippen LogP contribution in [0.1, 0.15) is 22.3 Å². The third-order valence-corrected chi connectivity index (χ3v) is 11.7. The van der Waals surface area contributed by atoms with E-state index in [9.17, 15) is 56.8 Å². The van der Waals surface area contributed by atoms with Crippen LogP contribution in [0.2, 0.25) is 0 Å². The van der Waals surface area contributed by atoms with Gasteiger partial charge in [-0.15, -0.1) is 0 Å². The van der Waals surface area contributed by atoms with E-state index in [1.54, 1.807) is 48.5 Å². The van der Waals surface area contributed by atoms with Crippen LogP contribution in [0.4, 0.5) is 37.7 Å². The highest BCUT2D eigenvalue weighted by Gasteiger charge is 2.58. The molecule has 0 aliphatic carbocycles. The van der Waals surface area contributed by atoms with Gasteiger partial charge in [0.05, 0.1) is 47.3 Å². The molecular formula is C48H56F6N6O10. The van der Waals surface area contributed by atoms with Gasteiger partial charge in [-0.2, -0.15) is 26.3 Å². The smallest absolute Gasteiger partial charge is 0.383 e. The lowest BCUT2D eigenvalue weighted by Gasteiger charge is -2.35. The van der Waals surface area contributed by atoms with Crippen LogP contribution in [0.25, 0.3) is 21.8 Å². The van der Waals surface area contributed by atoms with E-state index in [4.69, 9.17) is 18.9 Å². The number of hydrogen-bond donors (Lipinski definition) is 2. The highest BCUT2D eigenvalue weighted by molar-refractivity contribution is 5.88. The lowest BCUT2D eigenvalue weighted by Crippen LogP contribution is -2.52. The molecule has 2 aromatic heterocycles. The number of aliphatic hydroxyl groups is 2. The van der Waals surface area contributed by atoms with Crippen molar-refractivity contribution in [1.29, 1.82) is 0 Å². The highest BCUT2D eigenvalue weighted by atomic mass is 19.4. The summed E-state index contributed by atoms with van der Waals surface area (Å²) >= 11 is 0. The number of aromatic nitrogens is 2. The van der Waals surface area contributed by atoms with E-state index in [-0.39, 0.29) is 110 Å². The predicted molar refractivity (Wildman–Crippen MR) is 249 cm³/mol. The first-order valence-electron chi connectivity index (χ1n) is 21.8. The third kappa shape index (κ3) is 13.2. The van der Waals surface area contributed by atoms with Gasteiger partial charge in [0.15, 0.2) is 0 Å². The molecule has 0 saturated carbocycles. The lowest BCUT2D eigenvalue weighted by atomic mass is 9.91. The van der Waals surface area contributed by atoms with Gasteiger partial charge >= 0.3 is 12.4 Å². The van der Waals surface area contributed by atoms with E-state index < -0.39 is 46.5 Å². The summed E-state index contributed by atoms with van der Waals surface area (Å²) in [6.07, 6.45) is -7.59. The zero-order valence-corrected chi connectivity index (χ0v) is 39.0. The van der Waals surface area contributed by atoms with Crippen molar-refractivity contribution in [3.8, 4) is 0 Å². The molecule has 6 rings (SSSR count). The summed E-state index contributed by atoms with van der Waals surface area (Å²) in [5.41, 5.74) is -5.71. The predicted octanol–water partition coefficient (Wildman–Crippen LogP) is 7.89. The minimum atomic E-state index is -5.03. The first-order chi connectivity index (χ1) is 33.2. The Hall–Kier alpha value is -5.98. The molecule has 0 radical (unpaired) electrons. The molecule has 2 unspecified atom stereocenters. The summed E-state index contributed by atoms with van der Waals surface area (Å²) in [5, 5.41) is 45.4. The molecule has 0 amide bonds. The van der Waals surface area contributed by atoms with E-state index in [0.717, 1.165) is 23.3 Å². The van der Waals surface area contributed by atoms with Crippen molar-refractivity contribution in [3.63, 3.8) is 0 Å². The summed E-state index contributed by atoms with van der Waals surface area (Å²) in [6, 6.07) is 25.3. The van der Waals surface area contributed by atoms with Crippen LogP contribution < -0.4 is 0 Å². The maximum atomic E-state index is 14.5. The quantitative estimate of drug-likeness (QED) is 0.0341. The molecular weight excluding hydrogens is 935 g/mol. The third-order valence-electron chi connectivity index (χ3n) is 11.7. The van der Waals surface area contributed by atoms with Crippen molar-refractivity contribution in [2.75, 3.05) is 94.1 Å². The normalized spacial score (nSPS) is 13.9. The number of nitro groups is 2. The van der Waals surface area contributed by atoms with Crippen LogP contribution in [0.3, 0.4) is 0 Å². The number of non-ortho nitro benzene ring substituents is 2. The molecule has 0 aliphatic rings. The topological polar surface area (TPSA) is 180 Å². The Morgan fingerprint density at radius 1 is 0.529 bits per heavy atom. The number of rotatable bonds is 24. The Kier molecular flexibility index (Phi) is 19.0. The first kappa shape index (κ1) is 55.0. The molecule has 22 heteroatoms. The molecule has 0 fully saturated rings. The molecule has 4 aromatic carbocycles. The molecule has 2 heterocycles. The number of fused-ring (bicyclic) bond motifs is 2. The largest absolute Gasteiger partial charge is 0.422 e. The number of nitro benzene ring substituents is 2. The maximum absolute atomic E-state index is 14.5. The molecule has 2 atom stereocenters. The van der Waals surface area contributed by atoms with Crippen molar-refractivity contribution in [1.82, 2.24) is 18.9 Å². The number of benzene rings is 4. The van der Waals surface area contributed by atoms with Gasteiger partial charge in [-0.1, -0.05) is 60.7 Å². The van der Waals surface area contributed by atoms with E-state index in [1.807, 2.05) is 12.1 Å². The number of hydrogen-bond acceptors (Lipinski definition) is 12. The lowest BCUT2D eigenvalue weighted by molar-refractivity contribution is -0.384. The fraction of sp³-hybridized carbons (Fsp3) is 0.417. The zero-order valence-electron chi connectivity index (χ0n) is 39.0. The van der Waals surface area contributed by atoms with Crippen LogP contribution in [0.15, 0.2) is 109 Å².